The number of benzene rings is 2. The summed E-state index contributed by atoms with van der Waals surface area (Å²) in [6, 6.07) is 14.1. The van der Waals surface area contributed by atoms with Crippen LogP contribution in [-0.4, -0.2) is 67.3 Å². The van der Waals surface area contributed by atoms with Crippen LogP contribution in [0.5, 0.6) is 0 Å². The molecule has 0 aromatic heterocycles. The van der Waals surface area contributed by atoms with Crippen molar-refractivity contribution in [2.24, 2.45) is 5.92 Å². The number of carbonyl (C=O) groups is 3. The number of nitrogens with zero attached hydrogens (tertiary/aromatic N) is 1. The summed E-state index contributed by atoms with van der Waals surface area (Å²) in [4.78, 5) is 38.9. The lowest BCUT2D eigenvalue weighted by atomic mass is 9.98. The van der Waals surface area contributed by atoms with Gasteiger partial charge in [-0.3, -0.25) is 4.79 Å². The van der Waals surface area contributed by atoms with E-state index in [9.17, 15) is 19.5 Å². The van der Waals surface area contributed by atoms with Crippen LogP contribution in [0.1, 0.15) is 37.3 Å². The average molecular weight is 468 g/mol. The van der Waals surface area contributed by atoms with Gasteiger partial charge < -0.3 is 25.4 Å². The summed E-state index contributed by atoms with van der Waals surface area (Å²) >= 11 is 0. The zero-order valence-electron chi connectivity index (χ0n) is 20.1. The lowest BCUT2D eigenvalue weighted by Gasteiger charge is -2.24. The number of hydrogen-bond acceptors (Lipinski definition) is 5. The normalized spacial score (nSPS) is 14.3. The first-order valence-electron chi connectivity index (χ1n) is 11.5. The monoisotopic (exact) mass is 467 g/mol. The van der Waals surface area contributed by atoms with Crippen molar-refractivity contribution < 1.29 is 24.2 Å². The molecule has 0 aliphatic heterocycles. The number of hydrogen-bond donors (Lipinski definition) is 3. The first-order valence-corrected chi connectivity index (χ1v) is 11.5. The fourth-order valence-electron chi connectivity index (χ4n) is 4.21. The summed E-state index contributed by atoms with van der Waals surface area (Å²) in [5.74, 6) is -2.05. The standard InChI is InChI=1S/C26H33N3O5/c1-16(2)23(25(31)32)28-24(30)22(13-14-29(3)4)27-26(33)34-15-21-19-11-7-5-9-17(19)18-10-6-8-12-20(18)21/h5-12,16,21-23H,13-15H2,1-4H3,(H,27,33)(H,28,30)(H,31,32). The number of alkyl carbamates (subject to hydrolysis) is 1. The van der Waals surface area contributed by atoms with Crippen molar-refractivity contribution in [2.45, 2.75) is 38.3 Å². The number of rotatable bonds is 10. The van der Waals surface area contributed by atoms with Crippen molar-refractivity contribution in [2.75, 3.05) is 27.2 Å². The number of carboxylic acids is 1. The van der Waals surface area contributed by atoms with Crippen molar-refractivity contribution in [3.8, 4) is 11.1 Å². The van der Waals surface area contributed by atoms with Gasteiger partial charge in [0.25, 0.3) is 0 Å². The second-order valence-electron chi connectivity index (χ2n) is 9.18. The van der Waals surface area contributed by atoms with Gasteiger partial charge in [0.2, 0.25) is 5.91 Å². The maximum absolute atomic E-state index is 12.8. The van der Waals surface area contributed by atoms with Crippen LogP contribution < -0.4 is 10.6 Å². The number of aliphatic carboxylic acids is 1. The quantitative estimate of drug-likeness (QED) is 0.496. The van der Waals surface area contributed by atoms with Gasteiger partial charge >= 0.3 is 12.1 Å². The first kappa shape index (κ1) is 25.2. The molecule has 1 aliphatic carbocycles. The Hall–Kier alpha value is -3.39. The van der Waals surface area contributed by atoms with E-state index in [1.807, 2.05) is 55.4 Å². The van der Waals surface area contributed by atoms with Gasteiger partial charge in [-0.05, 0) is 55.2 Å². The molecule has 1 aliphatic rings. The Morgan fingerprint density at radius 2 is 1.53 bits per heavy atom. The highest BCUT2D eigenvalue weighted by Crippen LogP contribution is 2.44. The van der Waals surface area contributed by atoms with E-state index in [2.05, 4.69) is 22.8 Å². The van der Waals surface area contributed by atoms with Gasteiger partial charge in [-0.2, -0.15) is 0 Å². The van der Waals surface area contributed by atoms with Crippen molar-refractivity contribution in [3.63, 3.8) is 0 Å². The number of carboxylic acid groups (broad SMARTS) is 1. The number of amides is 2. The number of ether oxygens (including phenoxy) is 1. The van der Waals surface area contributed by atoms with E-state index in [0.29, 0.717) is 13.0 Å². The molecule has 0 saturated carbocycles. The van der Waals surface area contributed by atoms with Crippen molar-refractivity contribution in [1.29, 1.82) is 0 Å². The van der Waals surface area contributed by atoms with E-state index in [1.54, 1.807) is 13.8 Å². The zero-order chi connectivity index (χ0) is 24.8. The number of fused-ring (bicyclic) bond motifs is 3. The Kier molecular flexibility index (Phi) is 8.28. The summed E-state index contributed by atoms with van der Waals surface area (Å²) < 4.78 is 5.57. The van der Waals surface area contributed by atoms with E-state index in [4.69, 9.17) is 4.74 Å². The topological polar surface area (TPSA) is 108 Å². The summed E-state index contributed by atoms with van der Waals surface area (Å²) in [7, 11) is 3.72. The summed E-state index contributed by atoms with van der Waals surface area (Å²) in [5.41, 5.74) is 4.45. The van der Waals surface area contributed by atoms with E-state index in [0.717, 1.165) is 22.3 Å². The number of nitrogens with one attached hydrogen (secondary N) is 2. The smallest absolute Gasteiger partial charge is 0.407 e. The molecular formula is C26H33N3O5. The molecule has 0 heterocycles. The molecule has 2 aromatic rings. The van der Waals surface area contributed by atoms with E-state index in [1.165, 1.54) is 0 Å². The van der Waals surface area contributed by atoms with Gasteiger partial charge in [0.05, 0.1) is 0 Å². The molecule has 34 heavy (non-hydrogen) atoms. The third kappa shape index (κ3) is 5.94. The molecule has 0 radical (unpaired) electrons. The SMILES string of the molecule is CC(C)C(NC(=O)C(CCN(C)C)NC(=O)OCC1c2ccccc2-c2ccccc21)C(=O)O. The molecule has 2 amide bonds. The summed E-state index contributed by atoms with van der Waals surface area (Å²) in [6.07, 6.45) is -0.398. The lowest BCUT2D eigenvalue weighted by molar-refractivity contribution is -0.143. The Morgan fingerprint density at radius 1 is 0.971 bits per heavy atom. The molecule has 0 saturated heterocycles. The minimum Gasteiger partial charge on any atom is -0.480 e. The highest BCUT2D eigenvalue weighted by atomic mass is 16.5. The molecular weight excluding hydrogens is 434 g/mol. The van der Waals surface area contributed by atoms with Crippen LogP contribution in [0.2, 0.25) is 0 Å². The van der Waals surface area contributed by atoms with Gasteiger partial charge in [0.1, 0.15) is 18.7 Å². The van der Waals surface area contributed by atoms with Crippen molar-refractivity contribution in [3.05, 3.63) is 59.7 Å². The second-order valence-corrected chi connectivity index (χ2v) is 9.18. The van der Waals surface area contributed by atoms with E-state index in [-0.39, 0.29) is 18.4 Å². The predicted octanol–water partition coefficient (Wildman–Crippen LogP) is 3.07. The summed E-state index contributed by atoms with van der Waals surface area (Å²) in [6.45, 7) is 4.09. The van der Waals surface area contributed by atoms with Crippen LogP contribution in [0, 0.1) is 5.92 Å². The van der Waals surface area contributed by atoms with Crippen LogP contribution in [0.4, 0.5) is 4.79 Å². The Balaban J connectivity index is 1.68. The third-order valence-corrected chi connectivity index (χ3v) is 6.05. The van der Waals surface area contributed by atoms with Crippen LogP contribution in [0.3, 0.4) is 0 Å². The number of carbonyl (C=O) groups excluding carboxylic acids is 2. The van der Waals surface area contributed by atoms with Gasteiger partial charge in [-0.1, -0.05) is 62.4 Å². The second kappa shape index (κ2) is 11.2. The largest absolute Gasteiger partial charge is 0.480 e. The van der Waals surface area contributed by atoms with Crippen LogP contribution in [-0.2, 0) is 14.3 Å². The molecule has 8 nitrogen and oxygen atoms in total. The molecule has 182 valence electrons. The van der Waals surface area contributed by atoms with Crippen LogP contribution in [0.15, 0.2) is 48.5 Å². The van der Waals surface area contributed by atoms with Gasteiger partial charge in [-0.25, -0.2) is 9.59 Å². The van der Waals surface area contributed by atoms with Crippen molar-refractivity contribution >= 4 is 18.0 Å². The predicted molar refractivity (Wildman–Crippen MR) is 130 cm³/mol. The highest BCUT2D eigenvalue weighted by molar-refractivity contribution is 5.89. The third-order valence-electron chi connectivity index (χ3n) is 6.05. The Labute approximate surface area is 200 Å². The molecule has 0 spiro atoms. The molecule has 3 N–H and O–H groups in total. The molecule has 2 atom stereocenters. The fraction of sp³-hybridized carbons (Fsp3) is 0.423. The van der Waals surface area contributed by atoms with Crippen LogP contribution in [0.25, 0.3) is 11.1 Å². The van der Waals surface area contributed by atoms with Crippen LogP contribution >= 0.6 is 0 Å². The average Bonchev–Trinajstić information content (AvgIpc) is 3.11. The fourth-order valence-corrected chi connectivity index (χ4v) is 4.21. The van der Waals surface area contributed by atoms with E-state index < -0.39 is 30.1 Å². The first-order chi connectivity index (χ1) is 16.2. The maximum Gasteiger partial charge on any atom is 0.407 e. The molecule has 0 bridgehead atoms. The minimum absolute atomic E-state index is 0.0930. The zero-order valence-corrected chi connectivity index (χ0v) is 20.1. The highest BCUT2D eigenvalue weighted by Gasteiger charge is 2.31. The van der Waals surface area contributed by atoms with E-state index >= 15 is 0 Å². The lowest BCUT2D eigenvalue weighted by Crippen LogP contribution is -2.53. The van der Waals surface area contributed by atoms with Gasteiger partial charge in [0.15, 0.2) is 0 Å². The maximum atomic E-state index is 12.8. The molecule has 3 rings (SSSR count). The Morgan fingerprint density at radius 3 is 2.03 bits per heavy atom. The van der Waals surface area contributed by atoms with Gasteiger partial charge in [0, 0.05) is 5.92 Å². The Bertz CT molecular complexity index is 991. The minimum atomic E-state index is -1.11. The molecule has 0 fully saturated rings. The van der Waals surface area contributed by atoms with Gasteiger partial charge in [-0.15, -0.1) is 0 Å². The molecule has 8 heteroatoms. The summed E-state index contributed by atoms with van der Waals surface area (Å²) in [5, 5.41) is 14.6. The van der Waals surface area contributed by atoms with Crippen molar-refractivity contribution in [1.82, 2.24) is 15.5 Å². The molecule has 2 unspecified atom stereocenters. The molecule has 2 aromatic carbocycles.